The van der Waals surface area contributed by atoms with E-state index in [9.17, 15) is 28.6 Å². The highest BCUT2D eigenvalue weighted by Crippen LogP contribution is 2.29. The lowest BCUT2D eigenvalue weighted by atomic mass is 10.1. The van der Waals surface area contributed by atoms with E-state index in [2.05, 4.69) is 10.5 Å². The standard InChI is InChI=1S/C18H19N5O7S/c1-13(14-3-2-4-15(11-14)22(24)25)19-20-17-6-5-16(23(26)27)12-18(17)31(28,29)21-7-9-30-10-8-21/h2-6,11-12,20H,7-10H2,1H3/b19-13-. The maximum absolute atomic E-state index is 13.1. The predicted molar refractivity (Wildman–Crippen MR) is 112 cm³/mol. The Morgan fingerprint density at radius 1 is 1.06 bits per heavy atom. The first-order valence-electron chi connectivity index (χ1n) is 9.11. The Kier molecular flexibility index (Phi) is 6.58. The van der Waals surface area contributed by atoms with Crippen LogP contribution in [-0.4, -0.2) is 54.6 Å². The van der Waals surface area contributed by atoms with E-state index in [-0.39, 0.29) is 48.3 Å². The topological polar surface area (TPSA) is 157 Å². The SMILES string of the molecule is C/C(=N/Nc1ccc([N+](=O)[O-])cc1S(=O)(=O)N1CCOCC1)c1cccc([N+](=O)[O-])c1. The summed E-state index contributed by atoms with van der Waals surface area (Å²) in [6.07, 6.45) is 0. The average molecular weight is 449 g/mol. The third-order valence-corrected chi connectivity index (χ3v) is 6.52. The van der Waals surface area contributed by atoms with Crippen LogP contribution in [0.15, 0.2) is 52.5 Å². The van der Waals surface area contributed by atoms with Crippen molar-refractivity contribution in [1.82, 2.24) is 4.31 Å². The number of sulfonamides is 1. The quantitative estimate of drug-likeness (QED) is 0.383. The molecule has 1 saturated heterocycles. The second-order valence-electron chi connectivity index (χ2n) is 6.57. The van der Waals surface area contributed by atoms with Crippen molar-refractivity contribution in [2.45, 2.75) is 11.8 Å². The minimum atomic E-state index is -4.05. The Balaban J connectivity index is 1.97. The highest BCUT2D eigenvalue weighted by molar-refractivity contribution is 7.89. The highest BCUT2D eigenvalue weighted by Gasteiger charge is 2.30. The van der Waals surface area contributed by atoms with Gasteiger partial charge in [0.1, 0.15) is 4.90 Å². The van der Waals surface area contributed by atoms with E-state index in [1.165, 1.54) is 34.6 Å². The van der Waals surface area contributed by atoms with Gasteiger partial charge in [0.2, 0.25) is 10.0 Å². The number of nitro groups is 2. The van der Waals surface area contributed by atoms with Gasteiger partial charge in [-0.15, -0.1) is 0 Å². The number of benzene rings is 2. The summed E-state index contributed by atoms with van der Waals surface area (Å²) in [5.41, 5.74) is 3.00. The van der Waals surface area contributed by atoms with Gasteiger partial charge in [-0.1, -0.05) is 12.1 Å². The van der Waals surface area contributed by atoms with E-state index in [0.29, 0.717) is 11.3 Å². The van der Waals surface area contributed by atoms with Crippen LogP contribution in [0.4, 0.5) is 17.1 Å². The second-order valence-corrected chi connectivity index (χ2v) is 8.48. The first-order valence-corrected chi connectivity index (χ1v) is 10.6. The summed E-state index contributed by atoms with van der Waals surface area (Å²) >= 11 is 0. The molecule has 0 amide bonds. The Morgan fingerprint density at radius 3 is 2.35 bits per heavy atom. The first kappa shape index (κ1) is 22.3. The summed E-state index contributed by atoms with van der Waals surface area (Å²) in [4.78, 5) is 20.6. The predicted octanol–water partition coefficient (Wildman–Crippen LogP) is 2.36. The van der Waals surface area contributed by atoms with E-state index in [4.69, 9.17) is 4.74 Å². The zero-order valence-electron chi connectivity index (χ0n) is 16.4. The van der Waals surface area contributed by atoms with Crippen LogP contribution in [0, 0.1) is 20.2 Å². The minimum Gasteiger partial charge on any atom is -0.379 e. The molecule has 0 unspecified atom stereocenters. The summed E-state index contributed by atoms with van der Waals surface area (Å²) in [5, 5.41) is 26.3. The van der Waals surface area contributed by atoms with E-state index in [1.807, 2.05) is 0 Å². The fraction of sp³-hybridized carbons (Fsp3) is 0.278. The van der Waals surface area contributed by atoms with Crippen molar-refractivity contribution in [1.29, 1.82) is 0 Å². The van der Waals surface area contributed by atoms with Crippen molar-refractivity contribution in [2.24, 2.45) is 5.10 Å². The molecule has 2 aromatic carbocycles. The van der Waals surface area contributed by atoms with Crippen LogP contribution in [0.25, 0.3) is 0 Å². The molecule has 0 radical (unpaired) electrons. The summed E-state index contributed by atoms with van der Waals surface area (Å²) in [6.45, 7) is 2.29. The Hall–Kier alpha value is -3.42. The molecule has 2 aromatic rings. The lowest BCUT2D eigenvalue weighted by Crippen LogP contribution is -2.40. The van der Waals surface area contributed by atoms with Gasteiger partial charge in [-0.2, -0.15) is 9.41 Å². The number of ether oxygens (including phenoxy) is 1. The van der Waals surface area contributed by atoms with Gasteiger partial charge in [0, 0.05) is 42.9 Å². The third kappa shape index (κ3) is 5.02. The van der Waals surface area contributed by atoms with E-state index in [1.54, 1.807) is 13.0 Å². The number of nitro benzene ring substituents is 2. The lowest BCUT2D eigenvalue weighted by molar-refractivity contribution is -0.385. The molecule has 0 spiro atoms. The third-order valence-electron chi connectivity index (χ3n) is 4.58. The van der Waals surface area contributed by atoms with Crippen molar-refractivity contribution in [3.63, 3.8) is 0 Å². The molecule has 13 heteroatoms. The van der Waals surface area contributed by atoms with Crippen LogP contribution in [0.2, 0.25) is 0 Å². The van der Waals surface area contributed by atoms with E-state index < -0.39 is 19.9 Å². The number of anilines is 1. The lowest BCUT2D eigenvalue weighted by Gasteiger charge is -2.26. The number of nitrogens with one attached hydrogen (secondary N) is 1. The molecule has 31 heavy (non-hydrogen) atoms. The molecule has 0 aliphatic carbocycles. The first-order chi connectivity index (χ1) is 14.7. The summed E-state index contributed by atoms with van der Waals surface area (Å²) in [6, 6.07) is 9.20. The van der Waals surface area contributed by atoms with Crippen molar-refractivity contribution in [3.05, 3.63) is 68.3 Å². The van der Waals surface area contributed by atoms with Crippen molar-refractivity contribution < 1.29 is 23.0 Å². The summed E-state index contributed by atoms with van der Waals surface area (Å²) in [7, 11) is -4.05. The molecule has 0 bridgehead atoms. The maximum atomic E-state index is 13.1. The van der Waals surface area contributed by atoms with Crippen molar-refractivity contribution >= 4 is 32.8 Å². The number of rotatable bonds is 7. The van der Waals surface area contributed by atoms with Crippen molar-refractivity contribution in [3.8, 4) is 0 Å². The fourth-order valence-electron chi connectivity index (χ4n) is 2.91. The van der Waals surface area contributed by atoms with E-state index >= 15 is 0 Å². The summed E-state index contributed by atoms with van der Waals surface area (Å²) in [5.74, 6) is 0. The number of hydrazone groups is 1. The van der Waals surface area contributed by atoms with Gasteiger partial charge in [0.25, 0.3) is 11.4 Å². The second kappa shape index (κ2) is 9.16. The monoisotopic (exact) mass is 449 g/mol. The molecule has 164 valence electrons. The van der Waals surface area contributed by atoms with Crippen LogP contribution in [0.3, 0.4) is 0 Å². The number of non-ortho nitro benzene ring substituents is 2. The van der Waals surface area contributed by atoms with Gasteiger partial charge in [-0.05, 0) is 13.0 Å². The molecule has 0 saturated carbocycles. The molecular formula is C18H19N5O7S. The van der Waals surface area contributed by atoms with Gasteiger partial charge < -0.3 is 4.74 Å². The molecule has 0 atom stereocenters. The molecule has 1 heterocycles. The molecule has 0 aromatic heterocycles. The Morgan fingerprint density at radius 2 is 1.71 bits per heavy atom. The highest BCUT2D eigenvalue weighted by atomic mass is 32.2. The molecule has 12 nitrogen and oxygen atoms in total. The number of nitrogens with zero attached hydrogens (tertiary/aromatic N) is 4. The Labute approximate surface area is 177 Å². The number of morpholine rings is 1. The fourth-order valence-corrected chi connectivity index (χ4v) is 4.48. The number of hydrogen-bond acceptors (Lipinski definition) is 9. The van der Waals surface area contributed by atoms with Crippen LogP contribution in [0.5, 0.6) is 0 Å². The van der Waals surface area contributed by atoms with Gasteiger partial charge in [0.15, 0.2) is 0 Å². The molecular weight excluding hydrogens is 430 g/mol. The molecule has 1 fully saturated rings. The zero-order chi connectivity index (χ0) is 22.6. The summed E-state index contributed by atoms with van der Waals surface area (Å²) < 4.78 is 32.6. The molecule has 1 aliphatic heterocycles. The van der Waals surface area contributed by atoms with Gasteiger partial charge in [-0.3, -0.25) is 25.7 Å². The number of hydrogen-bond donors (Lipinski definition) is 1. The van der Waals surface area contributed by atoms with E-state index in [0.717, 1.165) is 6.07 Å². The normalized spacial score (nSPS) is 15.5. The van der Waals surface area contributed by atoms with Crippen LogP contribution in [0.1, 0.15) is 12.5 Å². The molecule has 1 N–H and O–H groups in total. The Bertz CT molecular complexity index is 1140. The van der Waals surface area contributed by atoms with Crippen LogP contribution < -0.4 is 5.43 Å². The smallest absolute Gasteiger partial charge is 0.270 e. The van der Waals surface area contributed by atoms with Crippen molar-refractivity contribution in [2.75, 3.05) is 31.7 Å². The van der Waals surface area contributed by atoms with Gasteiger partial charge >= 0.3 is 0 Å². The van der Waals surface area contributed by atoms with Crippen LogP contribution in [-0.2, 0) is 14.8 Å². The minimum absolute atomic E-state index is 0.0434. The van der Waals surface area contributed by atoms with Crippen LogP contribution >= 0.6 is 0 Å². The average Bonchev–Trinajstić information content (AvgIpc) is 2.77. The largest absolute Gasteiger partial charge is 0.379 e. The maximum Gasteiger partial charge on any atom is 0.270 e. The molecule has 3 rings (SSSR count). The van der Waals surface area contributed by atoms with Gasteiger partial charge in [0.05, 0.1) is 34.5 Å². The molecule has 1 aliphatic rings. The van der Waals surface area contributed by atoms with Gasteiger partial charge in [-0.25, -0.2) is 8.42 Å². The zero-order valence-corrected chi connectivity index (χ0v) is 17.2.